The van der Waals surface area contributed by atoms with E-state index in [2.05, 4.69) is 0 Å². The van der Waals surface area contributed by atoms with Gasteiger partial charge in [0.2, 0.25) is 18.6 Å². The minimum absolute atomic E-state index is 0.000668. The van der Waals surface area contributed by atoms with E-state index in [-0.39, 0.29) is 24.7 Å². The minimum atomic E-state index is -1.32. The van der Waals surface area contributed by atoms with Gasteiger partial charge in [-0.25, -0.2) is 4.90 Å². The molecule has 2 amide bonds. The first-order valence-electron chi connectivity index (χ1n) is 7.78. The number of ether oxygens (including phenoxy) is 2. The average Bonchev–Trinajstić information content (AvgIpc) is 3.19. The van der Waals surface area contributed by atoms with E-state index in [1.165, 1.54) is 6.07 Å². The number of nitrogens with zero attached hydrogens (tertiary/aromatic N) is 1. The molecular formula is C18H12NO6S-. The van der Waals surface area contributed by atoms with Crippen LogP contribution in [0.1, 0.15) is 16.8 Å². The number of benzene rings is 2. The van der Waals surface area contributed by atoms with Crippen LogP contribution >= 0.6 is 11.8 Å². The van der Waals surface area contributed by atoms with Gasteiger partial charge in [0.1, 0.15) is 0 Å². The maximum absolute atomic E-state index is 12.8. The van der Waals surface area contributed by atoms with Crippen molar-refractivity contribution in [3.05, 3.63) is 48.0 Å². The van der Waals surface area contributed by atoms with Crippen LogP contribution in [0, 0.1) is 0 Å². The minimum Gasteiger partial charge on any atom is -0.545 e. The number of carbonyl (C=O) groups is 3. The molecule has 0 aliphatic carbocycles. The summed E-state index contributed by atoms with van der Waals surface area (Å²) in [6.07, 6.45) is -0.0146. The number of aromatic carboxylic acids is 1. The highest BCUT2D eigenvalue weighted by atomic mass is 32.2. The van der Waals surface area contributed by atoms with E-state index in [1.807, 2.05) is 0 Å². The van der Waals surface area contributed by atoms with Crippen LogP contribution in [-0.2, 0) is 9.59 Å². The van der Waals surface area contributed by atoms with Crippen LogP contribution in [0.15, 0.2) is 47.4 Å². The quantitative estimate of drug-likeness (QED) is 0.746. The standard InChI is InChI=1S/C18H13NO6S/c20-16-8-15(26-14-4-2-1-3-11(14)18(22)23)17(21)19(16)10-5-6-12-13(7-10)25-9-24-12/h1-7,15H,8-9H2,(H,22,23)/p-1/t15-/m0/s1. The van der Waals surface area contributed by atoms with E-state index in [0.29, 0.717) is 22.1 Å². The van der Waals surface area contributed by atoms with Crippen LogP contribution in [-0.4, -0.2) is 29.8 Å². The van der Waals surface area contributed by atoms with Crippen LogP contribution < -0.4 is 19.5 Å². The van der Waals surface area contributed by atoms with Crippen molar-refractivity contribution in [2.24, 2.45) is 0 Å². The maximum Gasteiger partial charge on any atom is 0.247 e. The SMILES string of the molecule is O=C([O-])c1ccccc1S[C@H]1CC(=O)N(c2ccc3c(c2)OCO3)C1=O. The van der Waals surface area contributed by atoms with Crippen molar-refractivity contribution in [3.63, 3.8) is 0 Å². The summed E-state index contributed by atoms with van der Waals surface area (Å²) in [4.78, 5) is 37.9. The summed E-state index contributed by atoms with van der Waals surface area (Å²) >= 11 is 1.05. The molecule has 0 saturated carbocycles. The van der Waals surface area contributed by atoms with E-state index < -0.39 is 17.1 Å². The van der Waals surface area contributed by atoms with Gasteiger partial charge in [0.25, 0.3) is 0 Å². The van der Waals surface area contributed by atoms with E-state index in [0.717, 1.165) is 16.7 Å². The molecule has 7 nitrogen and oxygen atoms in total. The van der Waals surface area contributed by atoms with Gasteiger partial charge in [0.15, 0.2) is 11.5 Å². The van der Waals surface area contributed by atoms with Gasteiger partial charge in [0.05, 0.1) is 16.9 Å². The Morgan fingerprint density at radius 1 is 1.12 bits per heavy atom. The lowest BCUT2D eigenvalue weighted by atomic mass is 10.2. The third kappa shape index (κ3) is 2.78. The van der Waals surface area contributed by atoms with Crippen molar-refractivity contribution in [1.82, 2.24) is 0 Å². The molecule has 1 saturated heterocycles. The highest BCUT2D eigenvalue weighted by Gasteiger charge is 2.40. The summed E-state index contributed by atoms with van der Waals surface area (Å²) in [5.74, 6) is -1.04. The number of hydrogen-bond donors (Lipinski definition) is 0. The number of rotatable bonds is 4. The summed E-state index contributed by atoms with van der Waals surface area (Å²) in [6, 6.07) is 11.1. The number of imide groups is 1. The van der Waals surface area contributed by atoms with E-state index in [9.17, 15) is 19.5 Å². The highest BCUT2D eigenvalue weighted by molar-refractivity contribution is 8.00. The number of thioether (sulfide) groups is 1. The Kier molecular flexibility index (Phi) is 4.04. The second-order valence-corrected chi connectivity index (χ2v) is 6.94. The molecule has 0 aromatic heterocycles. The number of amides is 2. The van der Waals surface area contributed by atoms with Crippen LogP contribution in [0.25, 0.3) is 0 Å². The number of hydrogen-bond acceptors (Lipinski definition) is 7. The van der Waals surface area contributed by atoms with Gasteiger partial charge in [-0.3, -0.25) is 9.59 Å². The number of anilines is 1. The number of carbonyl (C=O) groups excluding carboxylic acids is 3. The molecule has 0 radical (unpaired) electrons. The molecule has 0 spiro atoms. The molecule has 132 valence electrons. The van der Waals surface area contributed by atoms with Gasteiger partial charge in [-0.2, -0.15) is 0 Å². The molecule has 0 N–H and O–H groups in total. The number of carboxylic acid groups (broad SMARTS) is 1. The van der Waals surface area contributed by atoms with Gasteiger partial charge in [-0.05, 0) is 18.2 Å². The number of carboxylic acids is 1. The van der Waals surface area contributed by atoms with Gasteiger partial charge in [-0.15, -0.1) is 11.8 Å². The van der Waals surface area contributed by atoms with E-state index in [1.54, 1.807) is 36.4 Å². The molecule has 2 aliphatic heterocycles. The average molecular weight is 370 g/mol. The first-order valence-corrected chi connectivity index (χ1v) is 8.66. The van der Waals surface area contributed by atoms with Crippen LogP contribution in [0.4, 0.5) is 5.69 Å². The van der Waals surface area contributed by atoms with Crippen LogP contribution in [0.2, 0.25) is 0 Å². The predicted molar refractivity (Wildman–Crippen MR) is 90.1 cm³/mol. The van der Waals surface area contributed by atoms with E-state index in [4.69, 9.17) is 9.47 Å². The van der Waals surface area contributed by atoms with Crippen molar-refractivity contribution in [2.75, 3.05) is 11.7 Å². The van der Waals surface area contributed by atoms with Crippen molar-refractivity contribution in [1.29, 1.82) is 0 Å². The normalized spacial score (nSPS) is 18.5. The molecular weight excluding hydrogens is 358 g/mol. The summed E-state index contributed by atoms with van der Waals surface area (Å²) < 4.78 is 10.5. The third-order valence-electron chi connectivity index (χ3n) is 4.10. The first-order chi connectivity index (χ1) is 12.5. The first kappa shape index (κ1) is 16.5. The van der Waals surface area contributed by atoms with E-state index >= 15 is 0 Å². The fourth-order valence-electron chi connectivity index (χ4n) is 2.88. The zero-order valence-electron chi connectivity index (χ0n) is 13.3. The summed E-state index contributed by atoms with van der Waals surface area (Å²) in [5.41, 5.74) is 0.403. The molecule has 1 atom stereocenters. The molecule has 4 rings (SSSR count). The molecule has 2 aliphatic rings. The van der Waals surface area contributed by atoms with Crippen LogP contribution in [0.3, 0.4) is 0 Å². The lowest BCUT2D eigenvalue weighted by molar-refractivity contribution is -0.255. The molecule has 8 heteroatoms. The van der Waals surface area contributed by atoms with Crippen LogP contribution in [0.5, 0.6) is 11.5 Å². The smallest absolute Gasteiger partial charge is 0.247 e. The third-order valence-corrected chi connectivity index (χ3v) is 5.36. The fourth-order valence-corrected chi connectivity index (χ4v) is 4.06. The molecule has 2 aromatic carbocycles. The second kappa shape index (κ2) is 6.38. The predicted octanol–water partition coefficient (Wildman–Crippen LogP) is 1.20. The van der Waals surface area contributed by atoms with Crippen molar-refractivity contribution >= 4 is 35.2 Å². The largest absolute Gasteiger partial charge is 0.545 e. The summed E-state index contributed by atoms with van der Waals surface area (Å²) in [5, 5.41) is 10.5. The Balaban J connectivity index is 1.59. The molecule has 0 unspecified atom stereocenters. The Morgan fingerprint density at radius 3 is 2.69 bits per heavy atom. The highest BCUT2D eigenvalue weighted by Crippen LogP contribution is 2.39. The Hall–Kier alpha value is -3.00. The van der Waals surface area contributed by atoms with Crippen molar-refractivity contribution in [3.8, 4) is 11.5 Å². The summed E-state index contributed by atoms with van der Waals surface area (Å²) in [6.45, 7) is 0.0964. The van der Waals surface area contributed by atoms with Crippen molar-refractivity contribution < 1.29 is 29.0 Å². The molecule has 2 heterocycles. The molecule has 1 fully saturated rings. The molecule has 2 aromatic rings. The van der Waals surface area contributed by atoms with Gasteiger partial charge >= 0.3 is 0 Å². The topological polar surface area (TPSA) is 96.0 Å². The maximum atomic E-state index is 12.8. The Bertz CT molecular complexity index is 928. The molecule has 26 heavy (non-hydrogen) atoms. The molecule has 0 bridgehead atoms. The van der Waals surface area contributed by atoms with Crippen molar-refractivity contribution in [2.45, 2.75) is 16.6 Å². The lowest BCUT2D eigenvalue weighted by Gasteiger charge is -2.16. The zero-order chi connectivity index (χ0) is 18.3. The fraction of sp³-hybridized carbons (Fsp3) is 0.167. The second-order valence-electron chi connectivity index (χ2n) is 5.70. The number of fused-ring (bicyclic) bond motifs is 1. The summed E-state index contributed by atoms with van der Waals surface area (Å²) in [7, 11) is 0. The lowest BCUT2D eigenvalue weighted by Crippen LogP contribution is -2.31. The van der Waals surface area contributed by atoms with Gasteiger partial charge in [0, 0.05) is 22.9 Å². The zero-order valence-corrected chi connectivity index (χ0v) is 14.2. The Labute approximate surface area is 152 Å². The van der Waals surface area contributed by atoms with Gasteiger partial charge < -0.3 is 19.4 Å². The Morgan fingerprint density at radius 2 is 1.88 bits per heavy atom. The monoisotopic (exact) mass is 370 g/mol. The van der Waals surface area contributed by atoms with Gasteiger partial charge in [-0.1, -0.05) is 18.2 Å².